The highest BCUT2D eigenvalue weighted by atomic mass is 127. The van der Waals surface area contributed by atoms with Crippen molar-refractivity contribution in [3.8, 4) is 0 Å². The number of aromatic nitrogens is 4. The summed E-state index contributed by atoms with van der Waals surface area (Å²) in [5.41, 5.74) is 15.5. The quantitative estimate of drug-likeness (QED) is 0.198. The summed E-state index contributed by atoms with van der Waals surface area (Å²) in [7, 11) is 0. The van der Waals surface area contributed by atoms with Crippen LogP contribution in [0.1, 0.15) is 18.2 Å². The van der Waals surface area contributed by atoms with E-state index in [1.165, 1.54) is 6.33 Å². The van der Waals surface area contributed by atoms with Crippen molar-refractivity contribution in [2.75, 3.05) is 11.9 Å². The summed E-state index contributed by atoms with van der Waals surface area (Å²) in [6, 6.07) is 7.44. The third-order valence-corrected chi connectivity index (χ3v) is 6.31. The highest BCUT2D eigenvalue weighted by Crippen LogP contribution is 2.49. The van der Waals surface area contributed by atoms with Crippen LogP contribution in [0.15, 0.2) is 42.0 Å². The van der Waals surface area contributed by atoms with Gasteiger partial charge >= 0.3 is 0 Å². The monoisotopic (exact) mass is 547 g/mol. The Bertz CT molecular complexity index is 1240. The Balaban J connectivity index is 1.45. The molecule has 4 atom stereocenters. The Morgan fingerprint density at radius 3 is 3.09 bits per heavy atom. The normalized spacial score (nSPS) is 26.2. The van der Waals surface area contributed by atoms with Crippen LogP contribution in [0, 0.1) is 3.57 Å². The fourth-order valence-corrected chi connectivity index (χ4v) is 4.90. The van der Waals surface area contributed by atoms with Crippen molar-refractivity contribution in [1.82, 2.24) is 19.5 Å². The van der Waals surface area contributed by atoms with E-state index in [4.69, 9.17) is 20.7 Å². The standard InChI is InChI=1S/C19H18IN9O3/c20-11-3-1-2-10(4-11)6-23-16-13-17(25-8-24-16)29(9-26-13)18-14-15(27-28-22)19(32-18,7-31-14)5-12(21)30/h1-4,8-9,14-15,18H,5-7H2,(H2,21,30)(H,23,24,25)/t14-,15+,18-,19-/m1/s1. The van der Waals surface area contributed by atoms with E-state index in [1.54, 1.807) is 10.9 Å². The number of hydrogen-bond acceptors (Lipinski definition) is 8. The SMILES string of the molecule is [N-]=[N+]=N[C@H]1[C@H]2OC[C@@]1(CC(N)=O)O[C@H]2n1cnc2c(NCc3cccc(I)c3)ncnc21. The summed E-state index contributed by atoms with van der Waals surface area (Å²) in [5.74, 6) is 0.0167. The first kappa shape index (κ1) is 20.9. The van der Waals surface area contributed by atoms with Gasteiger partial charge in [0.05, 0.1) is 25.4 Å². The average Bonchev–Trinajstić information content (AvgIpc) is 3.42. The number of amides is 1. The van der Waals surface area contributed by atoms with Crippen LogP contribution < -0.4 is 11.1 Å². The minimum atomic E-state index is -1.11. The third-order valence-electron chi connectivity index (χ3n) is 5.64. The van der Waals surface area contributed by atoms with E-state index < -0.39 is 29.9 Å². The predicted molar refractivity (Wildman–Crippen MR) is 121 cm³/mol. The van der Waals surface area contributed by atoms with Gasteiger partial charge < -0.3 is 20.5 Å². The second-order valence-electron chi connectivity index (χ2n) is 7.67. The summed E-state index contributed by atoms with van der Waals surface area (Å²) < 4.78 is 14.9. The van der Waals surface area contributed by atoms with Gasteiger partial charge in [-0.15, -0.1) is 0 Å². The summed E-state index contributed by atoms with van der Waals surface area (Å²) in [5, 5.41) is 7.15. The van der Waals surface area contributed by atoms with Crippen molar-refractivity contribution >= 4 is 45.5 Å². The van der Waals surface area contributed by atoms with Crippen LogP contribution >= 0.6 is 22.6 Å². The molecule has 2 aliphatic heterocycles. The summed E-state index contributed by atoms with van der Waals surface area (Å²) in [6.07, 6.45) is 1.63. The maximum absolute atomic E-state index is 11.7. The fourth-order valence-electron chi connectivity index (χ4n) is 4.30. The molecule has 2 saturated heterocycles. The second-order valence-corrected chi connectivity index (χ2v) is 8.92. The molecule has 0 spiro atoms. The van der Waals surface area contributed by atoms with Crippen LogP contribution in [0.5, 0.6) is 0 Å². The van der Waals surface area contributed by atoms with Crippen molar-refractivity contribution in [2.24, 2.45) is 10.8 Å². The van der Waals surface area contributed by atoms with Gasteiger partial charge in [-0.1, -0.05) is 17.2 Å². The van der Waals surface area contributed by atoms with Gasteiger partial charge in [0.25, 0.3) is 0 Å². The van der Waals surface area contributed by atoms with Gasteiger partial charge in [0, 0.05) is 15.0 Å². The minimum Gasteiger partial charge on any atom is -0.370 e. The number of fused-ring (bicyclic) bond motifs is 3. The molecular formula is C19H18IN9O3. The molecule has 3 N–H and O–H groups in total. The van der Waals surface area contributed by atoms with Crippen LogP contribution in [0.25, 0.3) is 21.6 Å². The van der Waals surface area contributed by atoms with Gasteiger partial charge in [-0.2, -0.15) is 0 Å². The van der Waals surface area contributed by atoms with E-state index in [9.17, 15) is 4.79 Å². The first-order valence-corrected chi connectivity index (χ1v) is 10.9. The number of ether oxygens (including phenoxy) is 2. The Labute approximate surface area is 195 Å². The molecule has 3 aromatic rings. The van der Waals surface area contributed by atoms with E-state index in [1.807, 2.05) is 18.2 Å². The van der Waals surface area contributed by atoms with Gasteiger partial charge in [0.15, 0.2) is 23.2 Å². The molecule has 2 fully saturated rings. The molecule has 32 heavy (non-hydrogen) atoms. The summed E-state index contributed by atoms with van der Waals surface area (Å²) in [4.78, 5) is 27.7. The first-order valence-electron chi connectivity index (χ1n) is 9.78. The Kier molecular flexibility index (Phi) is 5.33. The van der Waals surface area contributed by atoms with Gasteiger partial charge in [0.1, 0.15) is 18.0 Å². The number of nitrogens with two attached hydrogens (primary N) is 1. The van der Waals surface area contributed by atoms with Crippen molar-refractivity contribution in [1.29, 1.82) is 0 Å². The zero-order chi connectivity index (χ0) is 22.3. The molecule has 2 aliphatic rings. The number of imidazole rings is 1. The van der Waals surface area contributed by atoms with E-state index in [0.29, 0.717) is 23.5 Å². The second kappa shape index (κ2) is 8.16. The van der Waals surface area contributed by atoms with Crippen LogP contribution in [0.3, 0.4) is 0 Å². The highest BCUT2D eigenvalue weighted by molar-refractivity contribution is 14.1. The number of carbonyl (C=O) groups excluding carboxylic acids is 1. The van der Waals surface area contributed by atoms with Crippen LogP contribution in [0.2, 0.25) is 0 Å². The maximum atomic E-state index is 11.7. The van der Waals surface area contributed by atoms with Crippen molar-refractivity contribution in [3.63, 3.8) is 0 Å². The topological polar surface area (TPSA) is 166 Å². The zero-order valence-electron chi connectivity index (χ0n) is 16.6. The summed E-state index contributed by atoms with van der Waals surface area (Å²) >= 11 is 2.27. The van der Waals surface area contributed by atoms with E-state index in [-0.39, 0.29) is 13.0 Å². The largest absolute Gasteiger partial charge is 0.370 e. The molecule has 4 heterocycles. The van der Waals surface area contributed by atoms with E-state index >= 15 is 0 Å². The number of primary amides is 1. The van der Waals surface area contributed by atoms with Gasteiger partial charge in [0.2, 0.25) is 5.91 Å². The van der Waals surface area contributed by atoms with Crippen molar-refractivity contribution in [2.45, 2.75) is 36.9 Å². The number of halogens is 1. The molecule has 2 aromatic heterocycles. The Morgan fingerprint density at radius 1 is 1.44 bits per heavy atom. The molecule has 0 unspecified atom stereocenters. The molecule has 13 heteroatoms. The smallest absolute Gasteiger partial charge is 0.220 e. The number of nitrogens with one attached hydrogen (secondary N) is 1. The fraction of sp³-hybridized carbons (Fsp3) is 0.368. The Hall–Kier alpha value is -3.00. The number of hydrogen-bond donors (Lipinski definition) is 2. The molecule has 164 valence electrons. The number of carbonyl (C=O) groups is 1. The molecule has 1 aromatic carbocycles. The lowest BCUT2D eigenvalue weighted by Crippen LogP contribution is -2.43. The number of azide groups is 1. The molecule has 1 amide bonds. The number of rotatable bonds is 7. The Morgan fingerprint density at radius 2 is 2.31 bits per heavy atom. The third kappa shape index (κ3) is 3.52. The first-order chi connectivity index (χ1) is 15.5. The van der Waals surface area contributed by atoms with Crippen LogP contribution in [-0.2, 0) is 20.8 Å². The molecular weight excluding hydrogens is 529 g/mol. The lowest BCUT2D eigenvalue weighted by Gasteiger charge is -2.30. The van der Waals surface area contributed by atoms with Crippen LogP contribution in [0.4, 0.5) is 5.82 Å². The van der Waals surface area contributed by atoms with E-state index in [2.05, 4.69) is 59.0 Å². The molecule has 0 radical (unpaired) electrons. The summed E-state index contributed by atoms with van der Waals surface area (Å²) in [6.45, 7) is 0.688. The van der Waals surface area contributed by atoms with Crippen molar-refractivity contribution < 1.29 is 14.3 Å². The number of nitrogens with zero attached hydrogens (tertiary/aromatic N) is 7. The van der Waals surface area contributed by atoms with Gasteiger partial charge in [-0.3, -0.25) is 9.36 Å². The lowest BCUT2D eigenvalue weighted by atomic mass is 9.93. The maximum Gasteiger partial charge on any atom is 0.220 e. The van der Waals surface area contributed by atoms with E-state index in [0.717, 1.165) is 9.13 Å². The predicted octanol–water partition coefficient (Wildman–Crippen LogP) is 2.26. The molecule has 2 bridgehead atoms. The molecule has 5 rings (SSSR count). The van der Waals surface area contributed by atoms with Crippen LogP contribution in [-0.4, -0.2) is 49.8 Å². The molecule has 12 nitrogen and oxygen atoms in total. The number of anilines is 1. The molecule has 0 aliphatic carbocycles. The molecule has 0 saturated carbocycles. The van der Waals surface area contributed by atoms with Gasteiger partial charge in [-0.25, -0.2) is 15.0 Å². The minimum absolute atomic E-state index is 0.116. The number of benzene rings is 1. The van der Waals surface area contributed by atoms with Crippen molar-refractivity contribution in [3.05, 3.63) is 56.5 Å². The average molecular weight is 547 g/mol. The van der Waals surface area contributed by atoms with Gasteiger partial charge in [-0.05, 0) is 45.8 Å². The highest BCUT2D eigenvalue weighted by Gasteiger charge is 2.62. The zero-order valence-corrected chi connectivity index (χ0v) is 18.8. The lowest BCUT2D eigenvalue weighted by molar-refractivity contribution is -0.175.